The van der Waals surface area contributed by atoms with Gasteiger partial charge in [-0.1, -0.05) is 6.07 Å². The predicted molar refractivity (Wildman–Crippen MR) is 74.2 cm³/mol. The highest BCUT2D eigenvalue weighted by Crippen LogP contribution is 2.33. The van der Waals surface area contributed by atoms with Gasteiger partial charge in [-0.3, -0.25) is 4.98 Å². The standard InChI is InChI=1S/C16H14F3NO2/c1-10-13(16(17,18)19)7-12(9-20-10)6-11-2-3-14-15(8-11)22-5-4-21-14/h2-3,7-9H,4-6H2,1H3. The molecule has 0 saturated heterocycles. The maximum Gasteiger partial charge on any atom is 0.418 e. The van der Waals surface area contributed by atoms with Crippen LogP contribution in [-0.4, -0.2) is 18.2 Å². The van der Waals surface area contributed by atoms with Crippen molar-refractivity contribution in [1.29, 1.82) is 0 Å². The first-order valence-corrected chi connectivity index (χ1v) is 6.85. The number of nitrogens with zero attached hydrogens (tertiary/aromatic N) is 1. The minimum Gasteiger partial charge on any atom is -0.486 e. The summed E-state index contributed by atoms with van der Waals surface area (Å²) in [5.41, 5.74) is 0.651. The molecule has 0 N–H and O–H groups in total. The van der Waals surface area contributed by atoms with Crippen LogP contribution in [0, 0.1) is 6.92 Å². The number of alkyl halides is 3. The number of ether oxygens (including phenoxy) is 2. The lowest BCUT2D eigenvalue weighted by Crippen LogP contribution is -2.15. The Morgan fingerprint density at radius 1 is 1.05 bits per heavy atom. The van der Waals surface area contributed by atoms with Gasteiger partial charge in [-0.25, -0.2) is 0 Å². The molecular weight excluding hydrogens is 295 g/mol. The third-order valence-electron chi connectivity index (χ3n) is 3.46. The van der Waals surface area contributed by atoms with Crippen molar-refractivity contribution in [3.05, 3.63) is 52.8 Å². The molecule has 3 nitrogen and oxygen atoms in total. The smallest absolute Gasteiger partial charge is 0.418 e. The number of rotatable bonds is 2. The first-order valence-electron chi connectivity index (χ1n) is 6.85. The van der Waals surface area contributed by atoms with Crippen LogP contribution in [0.2, 0.25) is 0 Å². The molecule has 1 aromatic carbocycles. The van der Waals surface area contributed by atoms with Crippen LogP contribution in [0.1, 0.15) is 22.4 Å². The summed E-state index contributed by atoms with van der Waals surface area (Å²) in [5, 5.41) is 0. The van der Waals surface area contributed by atoms with E-state index in [4.69, 9.17) is 9.47 Å². The number of hydrogen-bond acceptors (Lipinski definition) is 3. The van der Waals surface area contributed by atoms with E-state index < -0.39 is 11.7 Å². The molecule has 0 amide bonds. The monoisotopic (exact) mass is 309 g/mol. The zero-order valence-corrected chi connectivity index (χ0v) is 11.9. The summed E-state index contributed by atoms with van der Waals surface area (Å²) >= 11 is 0. The van der Waals surface area contributed by atoms with Crippen molar-refractivity contribution in [2.45, 2.75) is 19.5 Å². The third kappa shape index (κ3) is 3.00. The van der Waals surface area contributed by atoms with Crippen molar-refractivity contribution in [2.75, 3.05) is 13.2 Å². The van der Waals surface area contributed by atoms with Crippen LogP contribution in [-0.2, 0) is 12.6 Å². The molecule has 1 aliphatic rings. The molecule has 2 aromatic rings. The number of aromatic nitrogens is 1. The fourth-order valence-corrected chi connectivity index (χ4v) is 2.39. The molecule has 2 heterocycles. The fraction of sp³-hybridized carbons (Fsp3) is 0.312. The normalized spacial score (nSPS) is 14.0. The molecule has 6 heteroatoms. The van der Waals surface area contributed by atoms with Gasteiger partial charge in [0.1, 0.15) is 13.2 Å². The number of aryl methyl sites for hydroxylation is 1. The Morgan fingerprint density at radius 2 is 1.77 bits per heavy atom. The van der Waals surface area contributed by atoms with Gasteiger partial charge in [0, 0.05) is 11.9 Å². The molecule has 0 radical (unpaired) electrons. The van der Waals surface area contributed by atoms with E-state index in [0.29, 0.717) is 36.7 Å². The summed E-state index contributed by atoms with van der Waals surface area (Å²) in [6.45, 7) is 2.33. The molecule has 1 aliphatic heterocycles. The van der Waals surface area contributed by atoms with Gasteiger partial charge in [-0.15, -0.1) is 0 Å². The quantitative estimate of drug-likeness (QED) is 0.846. The molecule has 0 fully saturated rings. The highest BCUT2D eigenvalue weighted by atomic mass is 19.4. The molecule has 0 spiro atoms. The van der Waals surface area contributed by atoms with E-state index in [2.05, 4.69) is 4.98 Å². The van der Waals surface area contributed by atoms with Crippen molar-refractivity contribution >= 4 is 0 Å². The average molecular weight is 309 g/mol. The Kier molecular flexibility index (Phi) is 3.68. The summed E-state index contributed by atoms with van der Waals surface area (Å²) in [5.74, 6) is 1.29. The largest absolute Gasteiger partial charge is 0.486 e. The molecular formula is C16H14F3NO2. The van der Waals surface area contributed by atoms with Gasteiger partial charge < -0.3 is 9.47 Å². The van der Waals surface area contributed by atoms with E-state index in [1.54, 1.807) is 12.1 Å². The minimum absolute atomic E-state index is 0.0153. The van der Waals surface area contributed by atoms with Gasteiger partial charge in [-0.05, 0) is 42.7 Å². The van der Waals surface area contributed by atoms with Crippen molar-refractivity contribution in [3.63, 3.8) is 0 Å². The van der Waals surface area contributed by atoms with E-state index in [1.165, 1.54) is 13.1 Å². The molecule has 0 bridgehead atoms. The van der Waals surface area contributed by atoms with Crippen LogP contribution in [0.3, 0.4) is 0 Å². The second-order valence-electron chi connectivity index (χ2n) is 5.13. The molecule has 116 valence electrons. The van der Waals surface area contributed by atoms with Crippen LogP contribution in [0.5, 0.6) is 11.5 Å². The van der Waals surface area contributed by atoms with Crippen LogP contribution in [0.15, 0.2) is 30.5 Å². The fourth-order valence-electron chi connectivity index (χ4n) is 2.39. The molecule has 0 saturated carbocycles. The molecule has 0 aliphatic carbocycles. The summed E-state index contributed by atoms with van der Waals surface area (Å²) in [6.07, 6.45) is -2.56. The second-order valence-corrected chi connectivity index (χ2v) is 5.13. The Morgan fingerprint density at radius 3 is 2.50 bits per heavy atom. The number of pyridine rings is 1. The molecule has 0 atom stereocenters. The van der Waals surface area contributed by atoms with Crippen molar-refractivity contribution in [2.24, 2.45) is 0 Å². The lowest BCUT2D eigenvalue weighted by molar-refractivity contribution is -0.138. The highest BCUT2D eigenvalue weighted by molar-refractivity contribution is 5.45. The first-order chi connectivity index (χ1) is 10.4. The van der Waals surface area contributed by atoms with Crippen LogP contribution in [0.25, 0.3) is 0 Å². The van der Waals surface area contributed by atoms with Gasteiger partial charge >= 0.3 is 6.18 Å². The van der Waals surface area contributed by atoms with Crippen molar-refractivity contribution in [1.82, 2.24) is 4.98 Å². The van der Waals surface area contributed by atoms with E-state index in [-0.39, 0.29) is 5.69 Å². The zero-order valence-electron chi connectivity index (χ0n) is 11.9. The third-order valence-corrected chi connectivity index (χ3v) is 3.46. The summed E-state index contributed by atoms with van der Waals surface area (Å²) in [7, 11) is 0. The average Bonchev–Trinajstić information content (AvgIpc) is 2.48. The van der Waals surface area contributed by atoms with E-state index in [1.807, 2.05) is 6.07 Å². The van der Waals surface area contributed by atoms with Gasteiger partial charge in [0.25, 0.3) is 0 Å². The zero-order chi connectivity index (χ0) is 15.7. The Labute approximate surface area is 125 Å². The summed E-state index contributed by atoms with van der Waals surface area (Å²) < 4.78 is 49.6. The van der Waals surface area contributed by atoms with Gasteiger partial charge in [-0.2, -0.15) is 13.2 Å². The lowest BCUT2D eigenvalue weighted by Gasteiger charge is -2.19. The number of hydrogen-bond donors (Lipinski definition) is 0. The maximum absolute atomic E-state index is 12.9. The summed E-state index contributed by atoms with van der Waals surface area (Å²) in [6, 6.07) is 6.54. The number of fused-ring (bicyclic) bond motifs is 1. The van der Waals surface area contributed by atoms with E-state index >= 15 is 0 Å². The lowest BCUT2D eigenvalue weighted by atomic mass is 10.0. The molecule has 22 heavy (non-hydrogen) atoms. The molecule has 0 unspecified atom stereocenters. The molecule has 3 rings (SSSR count). The number of halogens is 3. The Bertz CT molecular complexity index is 698. The van der Waals surface area contributed by atoms with Crippen molar-refractivity contribution in [3.8, 4) is 11.5 Å². The minimum atomic E-state index is -4.39. The van der Waals surface area contributed by atoms with Crippen molar-refractivity contribution < 1.29 is 22.6 Å². The predicted octanol–water partition coefficient (Wildman–Crippen LogP) is 3.77. The SMILES string of the molecule is Cc1ncc(Cc2ccc3c(c2)OCCO3)cc1C(F)(F)F. The summed E-state index contributed by atoms with van der Waals surface area (Å²) in [4.78, 5) is 3.85. The molecule has 1 aromatic heterocycles. The van der Waals surface area contributed by atoms with Gasteiger partial charge in [0.2, 0.25) is 0 Å². The van der Waals surface area contributed by atoms with Gasteiger partial charge in [0.05, 0.1) is 5.56 Å². The first kappa shape index (κ1) is 14.7. The second kappa shape index (κ2) is 5.51. The number of benzene rings is 1. The Balaban J connectivity index is 1.87. The topological polar surface area (TPSA) is 31.4 Å². The van der Waals surface area contributed by atoms with Gasteiger partial charge in [0.15, 0.2) is 11.5 Å². The maximum atomic E-state index is 12.9. The van der Waals surface area contributed by atoms with Crippen LogP contribution >= 0.6 is 0 Å². The highest BCUT2D eigenvalue weighted by Gasteiger charge is 2.33. The van der Waals surface area contributed by atoms with E-state index in [9.17, 15) is 13.2 Å². The van der Waals surface area contributed by atoms with E-state index in [0.717, 1.165) is 11.6 Å². The van der Waals surface area contributed by atoms with Crippen LogP contribution in [0.4, 0.5) is 13.2 Å². The Hall–Kier alpha value is -2.24. The van der Waals surface area contributed by atoms with Crippen LogP contribution < -0.4 is 9.47 Å².